The molecule has 5 heteroatoms. The predicted octanol–water partition coefficient (Wildman–Crippen LogP) is 2.31. The molecule has 0 saturated heterocycles. The van der Waals surface area contributed by atoms with Crippen molar-refractivity contribution in [3.05, 3.63) is 60.7 Å². The van der Waals surface area contributed by atoms with Crippen molar-refractivity contribution < 1.29 is 24.4 Å². The van der Waals surface area contributed by atoms with Gasteiger partial charge in [0.1, 0.15) is 5.75 Å². The van der Waals surface area contributed by atoms with Crippen LogP contribution in [0, 0.1) is 0 Å². The summed E-state index contributed by atoms with van der Waals surface area (Å²) in [5, 5.41) is 9.94. The molecule has 0 fully saturated rings. The quantitative estimate of drug-likeness (QED) is 0.515. The Morgan fingerprint density at radius 1 is 0.950 bits per heavy atom. The van der Waals surface area contributed by atoms with Crippen LogP contribution in [0.25, 0.3) is 0 Å². The zero-order valence-corrected chi connectivity index (χ0v) is 10.9. The van der Waals surface area contributed by atoms with Crippen LogP contribution in [0.1, 0.15) is 6.92 Å². The number of aliphatic hydroxyl groups is 1. The summed E-state index contributed by atoms with van der Waals surface area (Å²) in [5.74, 6) is -2.51. The van der Waals surface area contributed by atoms with Gasteiger partial charge in [-0.3, -0.25) is 4.89 Å². The van der Waals surface area contributed by atoms with Gasteiger partial charge in [0.25, 0.3) is 0 Å². The second-order valence-corrected chi connectivity index (χ2v) is 4.17. The minimum Gasteiger partial charge on any atom is -0.452 e. The Labute approximate surface area is 116 Å². The number of carbonyl (C=O) groups excluding carboxylic acids is 1. The number of carbonyl (C=O) groups is 1. The van der Waals surface area contributed by atoms with E-state index in [2.05, 4.69) is 4.89 Å². The molecule has 1 N–H and O–H groups in total. The molecule has 0 aliphatic carbocycles. The van der Waals surface area contributed by atoms with Crippen molar-refractivity contribution in [2.24, 2.45) is 0 Å². The van der Waals surface area contributed by atoms with E-state index in [4.69, 9.17) is 9.62 Å². The second-order valence-electron chi connectivity index (χ2n) is 4.17. The monoisotopic (exact) mass is 274 g/mol. The lowest BCUT2D eigenvalue weighted by Gasteiger charge is -2.21. The molecule has 0 amide bonds. The molecule has 2 aromatic carbocycles. The van der Waals surface area contributed by atoms with Gasteiger partial charge in [-0.15, -0.1) is 0 Å². The van der Waals surface area contributed by atoms with Crippen LogP contribution in [-0.4, -0.2) is 16.9 Å². The third-order valence-electron chi connectivity index (χ3n) is 2.40. The Balaban J connectivity index is 1.93. The minimum atomic E-state index is -2.14. The maximum Gasteiger partial charge on any atom is 0.426 e. The maximum atomic E-state index is 11.7. The third kappa shape index (κ3) is 3.73. The van der Waals surface area contributed by atoms with Crippen molar-refractivity contribution in [1.82, 2.24) is 0 Å². The molecule has 5 nitrogen and oxygen atoms in total. The largest absolute Gasteiger partial charge is 0.452 e. The van der Waals surface area contributed by atoms with Crippen molar-refractivity contribution in [2.45, 2.75) is 12.7 Å². The topological polar surface area (TPSA) is 65.0 Å². The molecule has 1 unspecified atom stereocenters. The molecule has 0 aromatic heterocycles. The minimum absolute atomic E-state index is 0.342. The highest BCUT2D eigenvalue weighted by Crippen LogP contribution is 2.18. The summed E-state index contributed by atoms with van der Waals surface area (Å²) in [6.07, 6.45) is 0. The van der Waals surface area contributed by atoms with Gasteiger partial charge in [-0.1, -0.05) is 36.4 Å². The van der Waals surface area contributed by atoms with Crippen LogP contribution in [-0.2, 0) is 9.68 Å². The van der Waals surface area contributed by atoms with Crippen molar-refractivity contribution in [1.29, 1.82) is 0 Å². The van der Waals surface area contributed by atoms with E-state index in [-0.39, 0.29) is 0 Å². The molecule has 0 aliphatic rings. The molecule has 2 rings (SSSR count). The van der Waals surface area contributed by atoms with Gasteiger partial charge in [0.2, 0.25) is 0 Å². The Kier molecular flexibility index (Phi) is 4.22. The molecule has 0 bridgehead atoms. The van der Waals surface area contributed by atoms with Gasteiger partial charge in [-0.25, -0.2) is 9.68 Å². The second kappa shape index (κ2) is 6.08. The van der Waals surface area contributed by atoms with Crippen LogP contribution in [0.15, 0.2) is 60.7 Å². The molecule has 1 atom stereocenters. The molecular weight excluding hydrogens is 260 g/mol. The average Bonchev–Trinajstić information content (AvgIpc) is 2.46. The van der Waals surface area contributed by atoms with Gasteiger partial charge < -0.3 is 9.84 Å². The highest BCUT2D eigenvalue weighted by molar-refractivity contribution is 5.77. The summed E-state index contributed by atoms with van der Waals surface area (Å²) in [6.45, 7) is 1.18. The lowest BCUT2D eigenvalue weighted by Crippen LogP contribution is -2.43. The van der Waals surface area contributed by atoms with E-state index in [1.54, 1.807) is 60.7 Å². The first-order valence-corrected chi connectivity index (χ1v) is 5.98. The Hall–Kier alpha value is -2.53. The van der Waals surface area contributed by atoms with Gasteiger partial charge in [-0.05, 0) is 24.3 Å². The van der Waals surface area contributed by atoms with Crippen molar-refractivity contribution in [3.8, 4) is 11.5 Å². The molecule has 2 aromatic rings. The highest BCUT2D eigenvalue weighted by atomic mass is 17.2. The van der Waals surface area contributed by atoms with Gasteiger partial charge in [0.15, 0.2) is 5.75 Å². The van der Waals surface area contributed by atoms with E-state index in [0.717, 1.165) is 0 Å². The fourth-order valence-corrected chi connectivity index (χ4v) is 1.40. The van der Waals surface area contributed by atoms with Crippen LogP contribution in [0.2, 0.25) is 0 Å². The van der Waals surface area contributed by atoms with Crippen molar-refractivity contribution in [3.63, 3.8) is 0 Å². The van der Waals surface area contributed by atoms with Gasteiger partial charge in [0, 0.05) is 6.92 Å². The number of ether oxygens (including phenoxy) is 1. The van der Waals surface area contributed by atoms with Crippen LogP contribution in [0.5, 0.6) is 11.5 Å². The van der Waals surface area contributed by atoms with Crippen LogP contribution in [0.4, 0.5) is 0 Å². The maximum absolute atomic E-state index is 11.7. The molecule has 0 heterocycles. The fourth-order valence-electron chi connectivity index (χ4n) is 1.40. The van der Waals surface area contributed by atoms with Crippen molar-refractivity contribution >= 4 is 5.97 Å². The first kappa shape index (κ1) is 13.9. The van der Waals surface area contributed by atoms with E-state index in [1.165, 1.54) is 6.92 Å². The molecule has 0 spiro atoms. The lowest BCUT2D eigenvalue weighted by atomic mass is 10.3. The Morgan fingerprint density at radius 3 is 2.00 bits per heavy atom. The standard InChI is InChI=1S/C15H14O5/c1-15(17,18-12-8-4-2-5-9-12)14(16)20-19-13-10-6-3-7-11-13/h2-11,17H,1H3. The first-order chi connectivity index (χ1) is 9.58. The number of benzene rings is 2. The number of para-hydroxylation sites is 2. The van der Waals surface area contributed by atoms with E-state index in [9.17, 15) is 9.90 Å². The van der Waals surface area contributed by atoms with E-state index >= 15 is 0 Å². The summed E-state index contributed by atoms with van der Waals surface area (Å²) in [4.78, 5) is 21.1. The van der Waals surface area contributed by atoms with E-state index in [1.807, 2.05) is 0 Å². The molecule has 104 valence electrons. The van der Waals surface area contributed by atoms with Crippen LogP contribution >= 0.6 is 0 Å². The van der Waals surface area contributed by atoms with Crippen molar-refractivity contribution in [2.75, 3.05) is 0 Å². The Morgan fingerprint density at radius 2 is 1.45 bits per heavy atom. The SMILES string of the molecule is CC(O)(Oc1ccccc1)C(=O)OOc1ccccc1. The lowest BCUT2D eigenvalue weighted by molar-refractivity contribution is -0.252. The molecule has 20 heavy (non-hydrogen) atoms. The normalized spacial score (nSPS) is 13.1. The number of hydrogen-bond donors (Lipinski definition) is 1. The summed E-state index contributed by atoms with van der Waals surface area (Å²) < 4.78 is 5.15. The zero-order valence-electron chi connectivity index (χ0n) is 10.9. The van der Waals surface area contributed by atoms with E-state index in [0.29, 0.717) is 11.5 Å². The van der Waals surface area contributed by atoms with Gasteiger partial charge in [-0.2, -0.15) is 0 Å². The first-order valence-electron chi connectivity index (χ1n) is 5.98. The molecule has 0 radical (unpaired) electrons. The fraction of sp³-hybridized carbons (Fsp3) is 0.133. The third-order valence-corrected chi connectivity index (χ3v) is 2.40. The summed E-state index contributed by atoms with van der Waals surface area (Å²) in [5.41, 5.74) is 0. The van der Waals surface area contributed by atoms with E-state index < -0.39 is 11.8 Å². The van der Waals surface area contributed by atoms with Crippen LogP contribution in [0.3, 0.4) is 0 Å². The van der Waals surface area contributed by atoms with Gasteiger partial charge >= 0.3 is 11.8 Å². The number of hydrogen-bond acceptors (Lipinski definition) is 5. The molecular formula is C15H14O5. The van der Waals surface area contributed by atoms with Gasteiger partial charge in [0.05, 0.1) is 0 Å². The predicted molar refractivity (Wildman–Crippen MR) is 70.9 cm³/mol. The average molecular weight is 274 g/mol. The molecule has 0 aliphatic heterocycles. The summed E-state index contributed by atoms with van der Waals surface area (Å²) in [6, 6.07) is 16.9. The number of rotatable bonds is 5. The smallest absolute Gasteiger partial charge is 0.426 e. The Bertz CT molecular complexity index is 551. The highest BCUT2D eigenvalue weighted by Gasteiger charge is 2.36. The van der Waals surface area contributed by atoms with Crippen LogP contribution < -0.4 is 9.62 Å². The summed E-state index contributed by atoms with van der Waals surface area (Å²) in [7, 11) is 0. The summed E-state index contributed by atoms with van der Waals surface area (Å²) >= 11 is 0. The zero-order chi connectivity index (χ0) is 14.4. The molecule has 0 saturated carbocycles.